The lowest BCUT2D eigenvalue weighted by atomic mass is 10.1. The maximum atomic E-state index is 4.20. The van der Waals surface area contributed by atoms with Gasteiger partial charge in [0.2, 0.25) is 0 Å². The molecule has 5 heteroatoms. The molecule has 0 amide bonds. The van der Waals surface area contributed by atoms with Crippen LogP contribution in [0.5, 0.6) is 0 Å². The molecule has 0 fully saturated rings. The Balaban J connectivity index is 0.00000220. The van der Waals surface area contributed by atoms with E-state index in [1.165, 1.54) is 16.5 Å². The summed E-state index contributed by atoms with van der Waals surface area (Å²) in [5.41, 5.74) is 2.60. The van der Waals surface area contributed by atoms with Crippen molar-refractivity contribution in [3.8, 4) is 0 Å². The van der Waals surface area contributed by atoms with Crippen LogP contribution in [0.1, 0.15) is 25.8 Å². The Bertz CT molecular complexity index is 574. The molecule has 2 rings (SSSR count). The van der Waals surface area contributed by atoms with E-state index >= 15 is 0 Å². The van der Waals surface area contributed by atoms with Gasteiger partial charge in [0.25, 0.3) is 0 Å². The van der Waals surface area contributed by atoms with Crippen LogP contribution in [0.4, 0.5) is 0 Å². The van der Waals surface area contributed by atoms with Crippen LogP contribution >= 0.6 is 24.0 Å². The fourth-order valence-corrected chi connectivity index (χ4v) is 2.29. The number of rotatable bonds is 5. The van der Waals surface area contributed by atoms with Gasteiger partial charge in [-0.15, -0.1) is 24.0 Å². The Hall–Kier alpha value is -1.24. The highest BCUT2D eigenvalue weighted by atomic mass is 127. The predicted molar refractivity (Wildman–Crippen MR) is 102 cm³/mol. The molecule has 2 aromatic rings. The van der Waals surface area contributed by atoms with Crippen molar-refractivity contribution >= 4 is 40.8 Å². The van der Waals surface area contributed by atoms with E-state index in [4.69, 9.17) is 0 Å². The number of aryl methyl sites for hydroxylation is 1. The highest BCUT2D eigenvalue weighted by Crippen LogP contribution is 2.18. The average Bonchev–Trinajstić information content (AvgIpc) is 2.85. The van der Waals surface area contributed by atoms with Gasteiger partial charge in [0.05, 0.1) is 0 Å². The maximum absolute atomic E-state index is 4.20. The first-order valence-electron chi connectivity index (χ1n) is 7.23. The van der Waals surface area contributed by atoms with Crippen molar-refractivity contribution in [2.45, 2.75) is 32.7 Å². The smallest absolute Gasteiger partial charge is 0.191 e. The summed E-state index contributed by atoms with van der Waals surface area (Å²) in [5, 5.41) is 7.96. The number of guanidine groups is 1. The summed E-state index contributed by atoms with van der Waals surface area (Å²) >= 11 is 0. The number of aliphatic imine (C=N–C) groups is 1. The van der Waals surface area contributed by atoms with Gasteiger partial charge in [-0.2, -0.15) is 0 Å². The van der Waals surface area contributed by atoms with Crippen molar-refractivity contribution in [1.82, 2.24) is 15.6 Å². The molecule has 1 aromatic carbocycles. The van der Waals surface area contributed by atoms with Gasteiger partial charge in [-0.3, -0.25) is 4.99 Å². The molecule has 1 aromatic heterocycles. The van der Waals surface area contributed by atoms with Crippen molar-refractivity contribution in [3.63, 3.8) is 0 Å². The maximum Gasteiger partial charge on any atom is 0.191 e. The Morgan fingerprint density at radius 1 is 1.29 bits per heavy atom. The molecule has 0 saturated carbocycles. The largest absolute Gasteiger partial charge is 0.361 e. The number of aromatic nitrogens is 1. The number of fused-ring (bicyclic) bond motifs is 1. The first-order valence-corrected chi connectivity index (χ1v) is 7.23. The Morgan fingerprint density at radius 3 is 2.76 bits per heavy atom. The quantitative estimate of drug-likeness (QED) is 0.312. The van der Waals surface area contributed by atoms with Crippen molar-refractivity contribution < 1.29 is 0 Å². The molecule has 21 heavy (non-hydrogen) atoms. The van der Waals surface area contributed by atoms with E-state index in [9.17, 15) is 0 Å². The highest BCUT2D eigenvalue weighted by molar-refractivity contribution is 14.0. The number of para-hydroxylation sites is 1. The first-order chi connectivity index (χ1) is 9.70. The average molecular weight is 400 g/mol. The molecule has 0 radical (unpaired) electrons. The molecule has 0 spiro atoms. The third-order valence-corrected chi connectivity index (χ3v) is 3.24. The van der Waals surface area contributed by atoms with E-state index in [-0.39, 0.29) is 24.0 Å². The van der Waals surface area contributed by atoms with Gasteiger partial charge >= 0.3 is 0 Å². The second-order valence-corrected chi connectivity index (χ2v) is 5.26. The molecule has 116 valence electrons. The highest BCUT2D eigenvalue weighted by Gasteiger charge is 2.03. The van der Waals surface area contributed by atoms with E-state index in [2.05, 4.69) is 64.9 Å². The number of hydrogen-bond donors (Lipinski definition) is 3. The number of nitrogens with one attached hydrogen (secondary N) is 3. The molecule has 0 atom stereocenters. The summed E-state index contributed by atoms with van der Waals surface area (Å²) in [6.07, 6.45) is 4.27. The van der Waals surface area contributed by atoms with Gasteiger partial charge in [-0.25, -0.2) is 0 Å². The standard InChI is InChI=1S/C16H24N4.HI/c1-12(2)20-16(17-3)18-10-6-7-13-11-19-15-9-5-4-8-14(13)15;/h4-5,8-9,11-12,19H,6-7,10H2,1-3H3,(H2,17,18,20);1H. The van der Waals surface area contributed by atoms with Crippen LogP contribution in [-0.4, -0.2) is 30.6 Å². The third kappa shape index (κ3) is 5.22. The SMILES string of the molecule is CN=C(NCCCc1c[nH]c2ccccc12)NC(C)C.I. The van der Waals surface area contributed by atoms with E-state index in [1.54, 1.807) is 7.05 Å². The molecule has 0 aliphatic heterocycles. The zero-order valence-corrected chi connectivity index (χ0v) is 15.3. The lowest BCUT2D eigenvalue weighted by Crippen LogP contribution is -2.41. The van der Waals surface area contributed by atoms with Crippen LogP contribution in [0.25, 0.3) is 10.9 Å². The van der Waals surface area contributed by atoms with E-state index in [0.717, 1.165) is 25.3 Å². The summed E-state index contributed by atoms with van der Waals surface area (Å²) in [5.74, 6) is 0.874. The summed E-state index contributed by atoms with van der Waals surface area (Å²) in [4.78, 5) is 7.52. The molecule has 4 nitrogen and oxygen atoms in total. The summed E-state index contributed by atoms with van der Waals surface area (Å²) in [7, 11) is 1.80. The molecule has 0 aliphatic carbocycles. The molecule has 3 N–H and O–H groups in total. The minimum atomic E-state index is 0. The number of nitrogens with zero attached hydrogens (tertiary/aromatic N) is 1. The number of H-pyrrole nitrogens is 1. The second-order valence-electron chi connectivity index (χ2n) is 5.26. The van der Waals surface area contributed by atoms with Crippen LogP contribution in [0, 0.1) is 0 Å². The lowest BCUT2D eigenvalue weighted by molar-refractivity contribution is 0.686. The normalized spacial score (nSPS) is 11.5. The summed E-state index contributed by atoms with van der Waals surface area (Å²) in [6.45, 7) is 5.14. The molecule has 0 aliphatic rings. The Kier molecular flexibility index (Phi) is 7.56. The van der Waals surface area contributed by atoms with E-state index in [0.29, 0.717) is 6.04 Å². The minimum Gasteiger partial charge on any atom is -0.361 e. The zero-order chi connectivity index (χ0) is 14.4. The van der Waals surface area contributed by atoms with E-state index in [1.807, 2.05) is 0 Å². The van der Waals surface area contributed by atoms with Crippen LogP contribution < -0.4 is 10.6 Å². The number of benzene rings is 1. The molecule has 1 heterocycles. The lowest BCUT2D eigenvalue weighted by Gasteiger charge is -2.14. The summed E-state index contributed by atoms with van der Waals surface area (Å²) < 4.78 is 0. The Morgan fingerprint density at radius 2 is 2.05 bits per heavy atom. The number of hydrogen-bond acceptors (Lipinski definition) is 1. The van der Waals surface area contributed by atoms with Gasteiger partial charge < -0.3 is 15.6 Å². The fraction of sp³-hybridized carbons (Fsp3) is 0.438. The number of halogens is 1. The van der Waals surface area contributed by atoms with Gasteiger partial charge in [-0.05, 0) is 38.3 Å². The zero-order valence-electron chi connectivity index (χ0n) is 12.9. The fourth-order valence-electron chi connectivity index (χ4n) is 2.29. The van der Waals surface area contributed by atoms with Crippen molar-refractivity contribution in [1.29, 1.82) is 0 Å². The Labute approximate surface area is 143 Å². The molecular weight excluding hydrogens is 375 g/mol. The molecular formula is C16H25IN4. The first kappa shape index (κ1) is 17.8. The second kappa shape index (κ2) is 8.92. The van der Waals surface area contributed by atoms with Gasteiger partial charge in [-0.1, -0.05) is 18.2 Å². The molecule has 0 bridgehead atoms. The van der Waals surface area contributed by atoms with Crippen LogP contribution in [0.2, 0.25) is 0 Å². The number of aromatic amines is 1. The van der Waals surface area contributed by atoms with Crippen molar-refractivity contribution in [2.24, 2.45) is 4.99 Å². The monoisotopic (exact) mass is 400 g/mol. The topological polar surface area (TPSA) is 52.2 Å². The minimum absolute atomic E-state index is 0. The van der Waals surface area contributed by atoms with Gasteiger partial charge in [0.1, 0.15) is 0 Å². The predicted octanol–water partition coefficient (Wildman–Crippen LogP) is 3.29. The van der Waals surface area contributed by atoms with Crippen molar-refractivity contribution in [3.05, 3.63) is 36.0 Å². The van der Waals surface area contributed by atoms with Gasteiger partial charge in [0.15, 0.2) is 5.96 Å². The van der Waals surface area contributed by atoms with Crippen LogP contribution in [0.15, 0.2) is 35.5 Å². The molecule has 0 unspecified atom stereocenters. The van der Waals surface area contributed by atoms with Crippen molar-refractivity contribution in [2.75, 3.05) is 13.6 Å². The van der Waals surface area contributed by atoms with Crippen LogP contribution in [0.3, 0.4) is 0 Å². The van der Waals surface area contributed by atoms with Crippen LogP contribution in [-0.2, 0) is 6.42 Å². The molecule has 0 saturated heterocycles. The third-order valence-electron chi connectivity index (χ3n) is 3.24. The summed E-state index contributed by atoms with van der Waals surface area (Å²) in [6, 6.07) is 8.84. The van der Waals surface area contributed by atoms with Gasteiger partial charge in [0, 0.05) is 36.7 Å². The van der Waals surface area contributed by atoms with E-state index < -0.39 is 0 Å².